The third kappa shape index (κ3) is 6.11. The zero-order valence-corrected chi connectivity index (χ0v) is 21.6. The summed E-state index contributed by atoms with van der Waals surface area (Å²) in [6.45, 7) is 2.21. The van der Waals surface area contributed by atoms with Crippen LogP contribution in [0.3, 0.4) is 0 Å². The molecule has 0 bridgehead atoms. The summed E-state index contributed by atoms with van der Waals surface area (Å²) in [5.74, 6) is -2.38. The van der Waals surface area contributed by atoms with Crippen LogP contribution in [0.1, 0.15) is 12.7 Å². The molecular weight excluding hydrogens is 550 g/mol. The largest absolute Gasteiger partial charge is 0.451 e. The highest BCUT2D eigenvalue weighted by Crippen LogP contribution is 2.41. The molecule has 0 saturated carbocycles. The molecule has 1 aromatic heterocycles. The van der Waals surface area contributed by atoms with Crippen LogP contribution in [-0.2, 0) is 26.9 Å². The molecule has 0 aliphatic carbocycles. The van der Waals surface area contributed by atoms with Crippen LogP contribution in [-0.4, -0.2) is 63.3 Å². The van der Waals surface area contributed by atoms with E-state index in [1.54, 1.807) is 16.7 Å². The van der Waals surface area contributed by atoms with E-state index >= 15 is 0 Å². The maximum Gasteiger partial charge on any atom is 0.451 e. The quantitative estimate of drug-likeness (QED) is 0.341. The van der Waals surface area contributed by atoms with Crippen molar-refractivity contribution in [2.75, 3.05) is 30.4 Å². The maximum atomic E-state index is 14.0. The summed E-state index contributed by atoms with van der Waals surface area (Å²) in [6, 6.07) is 9.62. The number of hydrogen-bond acceptors (Lipinski definition) is 8. The number of anilines is 1. The first-order chi connectivity index (χ1) is 17.7. The van der Waals surface area contributed by atoms with Gasteiger partial charge in [-0.3, -0.25) is 4.90 Å². The highest BCUT2D eigenvalue weighted by molar-refractivity contribution is 7.89. The van der Waals surface area contributed by atoms with Crippen molar-refractivity contribution in [3.8, 4) is 22.4 Å². The van der Waals surface area contributed by atoms with Crippen molar-refractivity contribution in [1.29, 1.82) is 0 Å². The number of alkyl halides is 3. The second kappa shape index (κ2) is 10.6. The number of primary sulfonamides is 1. The Labute approximate surface area is 217 Å². The molecule has 1 fully saturated rings. The van der Waals surface area contributed by atoms with E-state index in [4.69, 9.17) is 5.14 Å². The molecule has 0 spiro atoms. The molecule has 9 nitrogen and oxygen atoms in total. The predicted octanol–water partition coefficient (Wildman–Crippen LogP) is 2.70. The molecule has 4 rings (SSSR count). The third-order valence-electron chi connectivity index (χ3n) is 6.07. The Bertz CT molecular complexity index is 1520. The molecule has 1 aliphatic heterocycles. The highest BCUT2D eigenvalue weighted by Gasteiger charge is 2.38. The van der Waals surface area contributed by atoms with Gasteiger partial charge in [0.05, 0.1) is 22.0 Å². The van der Waals surface area contributed by atoms with E-state index in [0.717, 1.165) is 12.1 Å². The van der Waals surface area contributed by atoms with Crippen LogP contribution in [0.15, 0.2) is 53.4 Å². The molecular formula is C23H23F4N5O4S2. The van der Waals surface area contributed by atoms with Crippen LogP contribution in [0.25, 0.3) is 22.4 Å². The van der Waals surface area contributed by atoms with Crippen LogP contribution in [0.4, 0.5) is 23.4 Å². The van der Waals surface area contributed by atoms with Gasteiger partial charge in [-0.25, -0.2) is 36.3 Å². The fourth-order valence-corrected chi connectivity index (χ4v) is 5.54. The summed E-state index contributed by atoms with van der Waals surface area (Å²) < 4.78 is 102. The van der Waals surface area contributed by atoms with Gasteiger partial charge >= 0.3 is 6.18 Å². The molecule has 0 amide bonds. The molecule has 3 aromatic rings. The number of nitrogens with two attached hydrogens (primary N) is 1. The molecule has 1 saturated heterocycles. The second-order valence-electron chi connectivity index (χ2n) is 8.75. The van der Waals surface area contributed by atoms with E-state index in [0.29, 0.717) is 0 Å². The number of hydrogen-bond donors (Lipinski definition) is 2. The van der Waals surface area contributed by atoms with Crippen LogP contribution < -0.4 is 10.0 Å². The molecule has 1 aliphatic rings. The third-order valence-corrected chi connectivity index (χ3v) is 7.58. The highest BCUT2D eigenvalue weighted by atomic mass is 32.2. The van der Waals surface area contributed by atoms with Crippen LogP contribution >= 0.6 is 0 Å². The van der Waals surface area contributed by atoms with Crippen molar-refractivity contribution < 1.29 is 34.4 Å². The Morgan fingerprint density at radius 1 is 1.05 bits per heavy atom. The van der Waals surface area contributed by atoms with Gasteiger partial charge < -0.3 is 4.90 Å². The van der Waals surface area contributed by atoms with Crippen LogP contribution in [0.2, 0.25) is 0 Å². The molecule has 2 N–H and O–H groups in total. The van der Waals surface area contributed by atoms with Gasteiger partial charge in [0, 0.05) is 31.2 Å². The summed E-state index contributed by atoms with van der Waals surface area (Å²) >= 11 is 0. The number of thiol groups is 1. The van der Waals surface area contributed by atoms with Crippen molar-refractivity contribution in [2.24, 2.45) is 5.14 Å². The number of benzene rings is 2. The smallest absolute Gasteiger partial charge is 0.353 e. The van der Waals surface area contributed by atoms with E-state index in [2.05, 4.69) is 9.97 Å². The molecule has 38 heavy (non-hydrogen) atoms. The zero-order chi connectivity index (χ0) is 27.8. The maximum absolute atomic E-state index is 14.0. The van der Waals surface area contributed by atoms with Crippen molar-refractivity contribution in [3.63, 3.8) is 0 Å². The van der Waals surface area contributed by atoms with E-state index in [9.17, 15) is 34.4 Å². The standard InChI is InChI=1S/C23H23F4N5O4S2/c1-14-12-31(9-10-32(14)13-37(33)34)21-19(16-3-2-4-18(11-16)38(28,35)36)20(15-5-7-17(24)8-6-15)29-22(30-21)23(25,26)27/h2-8,11,14,37H,9-10,12-13H2,1H3,(H2,28,35,36). The minimum absolute atomic E-state index is 0.0886. The van der Waals surface area contributed by atoms with Gasteiger partial charge in [-0.2, -0.15) is 13.2 Å². The van der Waals surface area contributed by atoms with Gasteiger partial charge in [-0.05, 0) is 48.9 Å². The SMILES string of the molecule is CC1CN(c2nc(C(F)(F)F)nc(-c3ccc(F)cc3)c2-c2cccc(S(N)(=O)=O)c2)CCN1C[SH](=O)=O. The zero-order valence-electron chi connectivity index (χ0n) is 19.9. The average molecular weight is 574 g/mol. The van der Waals surface area contributed by atoms with Gasteiger partial charge in [-0.1, -0.05) is 12.1 Å². The van der Waals surface area contributed by atoms with Gasteiger partial charge in [0.2, 0.25) is 15.8 Å². The minimum Gasteiger partial charge on any atom is -0.353 e. The van der Waals surface area contributed by atoms with E-state index in [1.165, 1.54) is 36.4 Å². The summed E-state index contributed by atoms with van der Waals surface area (Å²) in [6.07, 6.45) is -4.93. The van der Waals surface area contributed by atoms with Gasteiger partial charge in [0.15, 0.2) is 10.7 Å². The number of rotatable bonds is 6. The first kappa shape index (κ1) is 27.9. The van der Waals surface area contributed by atoms with Crippen LogP contribution in [0.5, 0.6) is 0 Å². The molecule has 2 heterocycles. The molecule has 1 atom stereocenters. The number of aromatic nitrogens is 2. The minimum atomic E-state index is -4.93. The molecule has 1 unspecified atom stereocenters. The fourth-order valence-electron chi connectivity index (χ4n) is 4.26. The summed E-state index contributed by atoms with van der Waals surface area (Å²) in [7, 11) is -6.86. The van der Waals surface area contributed by atoms with Crippen molar-refractivity contribution in [1.82, 2.24) is 14.9 Å². The summed E-state index contributed by atoms with van der Waals surface area (Å²) in [5, 5.41) is 5.29. The second-order valence-corrected chi connectivity index (χ2v) is 11.3. The predicted molar refractivity (Wildman–Crippen MR) is 133 cm³/mol. The summed E-state index contributed by atoms with van der Waals surface area (Å²) in [4.78, 5) is 10.6. The number of piperazine rings is 1. The van der Waals surface area contributed by atoms with Crippen molar-refractivity contribution >= 4 is 26.5 Å². The van der Waals surface area contributed by atoms with Crippen LogP contribution in [0, 0.1) is 5.82 Å². The lowest BCUT2D eigenvalue weighted by atomic mass is 9.98. The van der Waals surface area contributed by atoms with Gasteiger partial charge in [0.1, 0.15) is 11.6 Å². The van der Waals surface area contributed by atoms with Crippen molar-refractivity contribution in [2.45, 2.75) is 24.0 Å². The number of halogens is 4. The van der Waals surface area contributed by atoms with E-state index < -0.39 is 38.5 Å². The lowest BCUT2D eigenvalue weighted by Gasteiger charge is -2.40. The normalized spacial score (nSPS) is 17.2. The molecule has 0 radical (unpaired) electrons. The van der Waals surface area contributed by atoms with Gasteiger partial charge in [-0.15, -0.1) is 0 Å². The topological polar surface area (TPSA) is 127 Å². The molecule has 204 valence electrons. The fraction of sp³-hybridized carbons (Fsp3) is 0.304. The monoisotopic (exact) mass is 573 g/mol. The van der Waals surface area contributed by atoms with E-state index in [-0.39, 0.29) is 64.7 Å². The summed E-state index contributed by atoms with van der Waals surface area (Å²) in [5.41, 5.74) is 0.223. The number of sulfonamides is 1. The Morgan fingerprint density at radius 3 is 2.32 bits per heavy atom. The molecule has 15 heteroatoms. The lowest BCUT2D eigenvalue weighted by molar-refractivity contribution is -0.144. The van der Waals surface area contributed by atoms with E-state index in [1.807, 2.05) is 0 Å². The molecule has 2 aromatic carbocycles. The first-order valence-corrected chi connectivity index (χ1v) is 14.1. The van der Waals surface area contributed by atoms with Gasteiger partial charge in [0.25, 0.3) is 0 Å². The lowest BCUT2D eigenvalue weighted by Crippen LogP contribution is -2.52. The Hall–Kier alpha value is -3.14. The average Bonchev–Trinajstić information content (AvgIpc) is 2.84. The van der Waals surface area contributed by atoms with Crippen molar-refractivity contribution in [3.05, 3.63) is 60.2 Å². The Morgan fingerprint density at radius 2 is 1.74 bits per heavy atom. The Balaban J connectivity index is 1.98. The Kier molecular flexibility index (Phi) is 7.74. The number of nitrogens with zero attached hydrogens (tertiary/aromatic N) is 4. The first-order valence-electron chi connectivity index (χ1n) is 11.2.